The maximum absolute atomic E-state index is 12.8. The minimum atomic E-state index is -5.05. The summed E-state index contributed by atoms with van der Waals surface area (Å²) in [6, 6.07) is 1.46. The number of H-pyrrole nitrogens is 1. The lowest BCUT2D eigenvalue weighted by Crippen LogP contribution is -2.21. The lowest BCUT2D eigenvalue weighted by molar-refractivity contribution is -0.143. The van der Waals surface area contributed by atoms with Gasteiger partial charge in [-0.2, -0.15) is 38.1 Å². The van der Waals surface area contributed by atoms with Crippen LogP contribution in [0, 0.1) is 0 Å². The number of carbonyl (C=O) groups is 1. The van der Waals surface area contributed by atoms with Crippen molar-refractivity contribution in [1.82, 2.24) is 9.97 Å². The quantitative estimate of drug-likeness (QED) is 0.748. The van der Waals surface area contributed by atoms with Gasteiger partial charge in [0, 0.05) is 11.8 Å². The number of rotatable bonds is 4. The fourth-order valence-corrected chi connectivity index (χ4v) is 2.46. The Bertz CT molecular complexity index is 875. The maximum Gasteiger partial charge on any atom is 0.416 e. The molecule has 1 aromatic heterocycles. The van der Waals surface area contributed by atoms with Crippen molar-refractivity contribution >= 4 is 23.4 Å². The molecule has 1 heterocycles. The molecule has 2 rings (SSSR count). The Labute approximate surface area is 152 Å². The summed E-state index contributed by atoms with van der Waals surface area (Å²) in [6.45, 7) is 0. The van der Waals surface area contributed by atoms with E-state index in [4.69, 9.17) is 0 Å². The van der Waals surface area contributed by atoms with Gasteiger partial charge in [0.15, 0.2) is 0 Å². The smallest absolute Gasteiger partial charge is 0.321 e. The van der Waals surface area contributed by atoms with Crippen molar-refractivity contribution in [2.24, 2.45) is 0 Å². The van der Waals surface area contributed by atoms with Crippen molar-refractivity contribution < 1.29 is 31.1 Å². The molecule has 146 valence electrons. The number of nitrogens with zero attached hydrogens (tertiary/aromatic N) is 1. The number of benzene rings is 1. The second-order valence-electron chi connectivity index (χ2n) is 5.26. The molecule has 0 radical (unpaired) electrons. The first-order valence-corrected chi connectivity index (χ1v) is 8.49. The second-order valence-corrected chi connectivity index (χ2v) is 6.13. The van der Waals surface area contributed by atoms with E-state index in [0.29, 0.717) is 12.1 Å². The van der Waals surface area contributed by atoms with Crippen LogP contribution in [0.5, 0.6) is 0 Å². The van der Waals surface area contributed by atoms with Gasteiger partial charge in [-0.3, -0.25) is 9.59 Å². The van der Waals surface area contributed by atoms with Gasteiger partial charge in [-0.1, -0.05) is 0 Å². The van der Waals surface area contributed by atoms with Crippen LogP contribution in [-0.2, 0) is 18.1 Å². The molecule has 0 spiro atoms. The first-order valence-electron chi connectivity index (χ1n) is 7.10. The average Bonchev–Trinajstić information content (AvgIpc) is 2.52. The number of amides is 1. The van der Waals surface area contributed by atoms with Gasteiger partial charge < -0.3 is 10.3 Å². The zero-order valence-electron chi connectivity index (χ0n) is 13.5. The molecule has 2 aromatic rings. The highest BCUT2D eigenvalue weighted by Gasteiger charge is 2.37. The van der Waals surface area contributed by atoms with Crippen LogP contribution in [0.25, 0.3) is 0 Å². The molecule has 0 aliphatic heterocycles. The van der Waals surface area contributed by atoms with Gasteiger partial charge in [0.05, 0.1) is 16.9 Å². The van der Waals surface area contributed by atoms with Crippen LogP contribution in [0.3, 0.4) is 0 Å². The number of hydrogen-bond acceptors (Lipinski definition) is 4. The van der Waals surface area contributed by atoms with Crippen molar-refractivity contribution in [1.29, 1.82) is 0 Å². The van der Waals surface area contributed by atoms with Crippen LogP contribution in [-0.4, -0.2) is 22.1 Å². The van der Waals surface area contributed by atoms with Gasteiger partial charge in [0.1, 0.15) is 11.5 Å². The Morgan fingerprint density at radius 3 is 2.11 bits per heavy atom. The summed E-state index contributed by atoms with van der Waals surface area (Å²) in [5.41, 5.74) is -4.99. The van der Waals surface area contributed by atoms with Crippen LogP contribution in [0.15, 0.2) is 29.1 Å². The molecule has 1 amide bonds. The summed E-state index contributed by atoms with van der Waals surface area (Å²) in [6.07, 6.45) is -8.39. The van der Waals surface area contributed by atoms with Crippen LogP contribution in [0.1, 0.15) is 27.4 Å². The van der Waals surface area contributed by atoms with Crippen LogP contribution < -0.4 is 10.9 Å². The first kappa shape index (κ1) is 20.8. The summed E-state index contributed by atoms with van der Waals surface area (Å²) < 4.78 is 77.1. The number of halogens is 6. The molecule has 0 aliphatic rings. The third-order valence-corrected chi connectivity index (χ3v) is 3.71. The summed E-state index contributed by atoms with van der Waals surface area (Å²) in [4.78, 5) is 29.9. The first-order chi connectivity index (χ1) is 12.4. The predicted octanol–water partition coefficient (Wildman–Crippen LogP) is 3.92. The van der Waals surface area contributed by atoms with E-state index in [9.17, 15) is 35.9 Å². The van der Waals surface area contributed by atoms with Gasteiger partial charge in [0.25, 0.3) is 11.5 Å². The molecule has 1 aromatic carbocycles. The van der Waals surface area contributed by atoms with E-state index in [1.165, 1.54) is 11.8 Å². The SMILES string of the molecule is CSCc1nc(C(=O)Nc2cc(C(F)(F)F)cc(C(F)(F)F)c2)cc(=O)[nH]1. The van der Waals surface area contributed by atoms with Crippen molar-refractivity contribution in [3.05, 3.63) is 57.3 Å². The number of hydrogen-bond donors (Lipinski definition) is 2. The minimum absolute atomic E-state index is 0.0578. The van der Waals surface area contributed by atoms with E-state index in [-0.39, 0.29) is 17.6 Å². The summed E-state index contributed by atoms with van der Waals surface area (Å²) >= 11 is 1.28. The highest BCUT2D eigenvalue weighted by molar-refractivity contribution is 7.97. The van der Waals surface area contributed by atoms with Gasteiger partial charge in [-0.05, 0) is 24.5 Å². The molecule has 0 saturated heterocycles. The number of nitrogens with one attached hydrogen (secondary N) is 2. The Hall–Kier alpha value is -2.50. The molecule has 0 atom stereocenters. The van der Waals surface area contributed by atoms with Crippen molar-refractivity contribution in [2.45, 2.75) is 18.1 Å². The standard InChI is InChI=1S/C15H11F6N3O2S/c1-27-6-11-23-10(5-12(25)24-11)13(26)22-9-3-7(14(16,17)18)2-8(4-9)15(19,20)21/h2-5H,6H2,1H3,(H,22,26)(H,23,24,25). The van der Waals surface area contributed by atoms with E-state index in [0.717, 1.165) is 6.07 Å². The molecule has 27 heavy (non-hydrogen) atoms. The highest BCUT2D eigenvalue weighted by Crippen LogP contribution is 2.37. The normalized spacial score (nSPS) is 12.1. The van der Waals surface area contributed by atoms with Gasteiger partial charge in [-0.15, -0.1) is 0 Å². The monoisotopic (exact) mass is 411 g/mol. The highest BCUT2D eigenvalue weighted by atomic mass is 32.2. The molecule has 0 aliphatic carbocycles. The maximum atomic E-state index is 12.8. The van der Waals surface area contributed by atoms with E-state index >= 15 is 0 Å². The Balaban J connectivity index is 2.41. The average molecular weight is 411 g/mol. The van der Waals surface area contributed by atoms with Gasteiger partial charge >= 0.3 is 12.4 Å². The Morgan fingerprint density at radius 2 is 1.63 bits per heavy atom. The van der Waals surface area contributed by atoms with Crippen molar-refractivity contribution in [3.8, 4) is 0 Å². The largest absolute Gasteiger partial charge is 0.416 e. The molecule has 12 heteroatoms. The third kappa shape index (κ3) is 5.49. The van der Waals surface area contributed by atoms with E-state index < -0.39 is 46.3 Å². The summed E-state index contributed by atoms with van der Waals surface area (Å²) in [7, 11) is 0. The Morgan fingerprint density at radius 1 is 1.07 bits per heavy atom. The van der Waals surface area contributed by atoms with Crippen LogP contribution in [0.2, 0.25) is 0 Å². The number of aromatic amines is 1. The molecular weight excluding hydrogens is 400 g/mol. The number of thioether (sulfide) groups is 1. The van der Waals surface area contributed by atoms with Crippen molar-refractivity contribution in [3.63, 3.8) is 0 Å². The van der Waals surface area contributed by atoms with Gasteiger partial charge in [-0.25, -0.2) is 4.98 Å². The number of anilines is 1. The molecule has 0 bridgehead atoms. The van der Waals surface area contributed by atoms with Crippen LogP contribution >= 0.6 is 11.8 Å². The minimum Gasteiger partial charge on any atom is -0.321 e. The zero-order valence-corrected chi connectivity index (χ0v) is 14.3. The molecule has 5 nitrogen and oxygen atoms in total. The van der Waals surface area contributed by atoms with E-state index in [1.807, 2.05) is 5.32 Å². The Kier molecular flexibility index (Phi) is 5.88. The molecule has 0 saturated carbocycles. The zero-order chi connectivity index (χ0) is 20.4. The second kappa shape index (κ2) is 7.62. The topological polar surface area (TPSA) is 74.8 Å². The van der Waals surface area contributed by atoms with E-state index in [2.05, 4.69) is 9.97 Å². The third-order valence-electron chi connectivity index (χ3n) is 3.15. The molecule has 0 unspecified atom stereocenters. The van der Waals surface area contributed by atoms with E-state index in [1.54, 1.807) is 6.26 Å². The predicted molar refractivity (Wildman–Crippen MR) is 86.5 cm³/mol. The lowest BCUT2D eigenvalue weighted by Gasteiger charge is -2.14. The van der Waals surface area contributed by atoms with Gasteiger partial charge in [0.2, 0.25) is 0 Å². The number of aromatic nitrogens is 2. The fourth-order valence-electron chi connectivity index (χ4n) is 2.05. The fraction of sp³-hybridized carbons (Fsp3) is 0.267. The summed E-state index contributed by atoms with van der Waals surface area (Å²) in [5.74, 6) is -0.728. The molecule has 2 N–H and O–H groups in total. The molecule has 0 fully saturated rings. The number of carbonyl (C=O) groups excluding carboxylic acids is 1. The number of alkyl halides is 6. The van der Waals surface area contributed by atoms with Crippen molar-refractivity contribution in [2.75, 3.05) is 11.6 Å². The van der Waals surface area contributed by atoms with Crippen LogP contribution in [0.4, 0.5) is 32.0 Å². The molecular formula is C15H11F6N3O2S. The summed E-state index contributed by atoms with van der Waals surface area (Å²) in [5, 5.41) is 1.92. The lowest BCUT2D eigenvalue weighted by atomic mass is 10.1.